The molecule has 0 bridgehead atoms. The first-order valence-corrected chi connectivity index (χ1v) is 12.5. The first kappa shape index (κ1) is 22.8. The number of anilines is 1. The number of rotatable bonds is 6. The highest BCUT2D eigenvalue weighted by Crippen LogP contribution is 2.38. The zero-order valence-electron chi connectivity index (χ0n) is 18.7. The highest BCUT2D eigenvalue weighted by Gasteiger charge is 2.28. The Morgan fingerprint density at radius 2 is 1.78 bits per heavy atom. The molecule has 8 heteroatoms. The number of carbonyl (C=O) groups excluding carboxylic acids is 1. The lowest BCUT2D eigenvalue weighted by Gasteiger charge is -2.32. The second-order valence-electron chi connectivity index (χ2n) is 8.22. The summed E-state index contributed by atoms with van der Waals surface area (Å²) >= 11 is 0. The smallest absolute Gasteiger partial charge is 0.243 e. The van der Waals surface area contributed by atoms with Crippen molar-refractivity contribution in [3.05, 3.63) is 53.1 Å². The molecular weight excluding hydrogens is 428 g/mol. The molecule has 172 valence electrons. The zero-order valence-corrected chi connectivity index (χ0v) is 19.5. The fraction of sp³-hybridized carbons (Fsp3) is 0.458. The van der Waals surface area contributed by atoms with Crippen LogP contribution < -0.4 is 9.64 Å². The Morgan fingerprint density at radius 1 is 1.06 bits per heavy atom. The molecule has 4 rings (SSSR count). The SMILES string of the molecule is COc1ccc(C)c2c1N(C(=O)CCc1ccc(S(=O)(=O)N3CCOCC3)cc1)CCC2. The van der Waals surface area contributed by atoms with Gasteiger partial charge in [0.25, 0.3) is 0 Å². The number of hydrogen-bond acceptors (Lipinski definition) is 5. The van der Waals surface area contributed by atoms with Crippen molar-refractivity contribution in [3.63, 3.8) is 0 Å². The van der Waals surface area contributed by atoms with Crippen LogP contribution in [-0.2, 0) is 32.4 Å². The summed E-state index contributed by atoms with van der Waals surface area (Å²) in [5.74, 6) is 0.788. The molecule has 0 radical (unpaired) electrons. The van der Waals surface area contributed by atoms with Crippen LogP contribution in [0.25, 0.3) is 0 Å². The first-order valence-electron chi connectivity index (χ1n) is 11.1. The normalized spacial score (nSPS) is 17.1. The molecule has 0 aliphatic carbocycles. The Kier molecular flexibility index (Phi) is 6.83. The average Bonchev–Trinajstić information content (AvgIpc) is 2.83. The fourth-order valence-corrected chi connectivity index (χ4v) is 5.83. The summed E-state index contributed by atoms with van der Waals surface area (Å²) in [6.45, 7) is 4.34. The number of morpholine rings is 1. The maximum absolute atomic E-state index is 13.1. The van der Waals surface area contributed by atoms with Gasteiger partial charge in [-0.1, -0.05) is 18.2 Å². The maximum Gasteiger partial charge on any atom is 0.243 e. The molecule has 2 aromatic rings. The Morgan fingerprint density at radius 3 is 2.47 bits per heavy atom. The fourth-order valence-electron chi connectivity index (χ4n) is 4.42. The number of nitrogens with zero attached hydrogens (tertiary/aromatic N) is 2. The van der Waals surface area contributed by atoms with Crippen molar-refractivity contribution in [2.45, 2.75) is 37.5 Å². The van der Waals surface area contributed by atoms with Gasteiger partial charge in [0.05, 0.1) is 30.9 Å². The van der Waals surface area contributed by atoms with Crippen LogP contribution in [0.4, 0.5) is 5.69 Å². The van der Waals surface area contributed by atoms with E-state index in [-0.39, 0.29) is 10.8 Å². The van der Waals surface area contributed by atoms with Crippen LogP contribution in [0.5, 0.6) is 5.75 Å². The molecule has 2 heterocycles. The van der Waals surface area contributed by atoms with E-state index in [0.717, 1.165) is 29.8 Å². The summed E-state index contributed by atoms with van der Waals surface area (Å²) in [6, 6.07) is 10.8. The predicted octanol–water partition coefficient (Wildman–Crippen LogP) is 2.94. The molecule has 2 aliphatic rings. The number of hydrogen-bond donors (Lipinski definition) is 0. The zero-order chi connectivity index (χ0) is 22.7. The molecule has 0 aromatic heterocycles. The maximum atomic E-state index is 13.1. The molecule has 0 atom stereocenters. The van der Waals surface area contributed by atoms with Gasteiger partial charge in [0.15, 0.2) is 0 Å². The van der Waals surface area contributed by atoms with Crippen LogP contribution in [0.2, 0.25) is 0 Å². The van der Waals surface area contributed by atoms with Gasteiger partial charge < -0.3 is 14.4 Å². The van der Waals surface area contributed by atoms with E-state index in [1.165, 1.54) is 15.4 Å². The molecule has 0 unspecified atom stereocenters. The minimum atomic E-state index is -3.51. The first-order chi connectivity index (χ1) is 15.4. The van der Waals surface area contributed by atoms with Crippen molar-refractivity contribution >= 4 is 21.6 Å². The van der Waals surface area contributed by atoms with Gasteiger partial charge in [-0.3, -0.25) is 4.79 Å². The third-order valence-electron chi connectivity index (χ3n) is 6.24. The van der Waals surface area contributed by atoms with Crippen LogP contribution >= 0.6 is 0 Å². The van der Waals surface area contributed by atoms with Crippen molar-refractivity contribution < 1.29 is 22.7 Å². The molecular formula is C24H30N2O5S. The number of ether oxygens (including phenoxy) is 2. The van der Waals surface area contributed by atoms with Gasteiger partial charge in [-0.05, 0) is 61.1 Å². The predicted molar refractivity (Wildman–Crippen MR) is 123 cm³/mol. The summed E-state index contributed by atoms with van der Waals surface area (Å²) in [7, 11) is -1.87. The summed E-state index contributed by atoms with van der Waals surface area (Å²) in [5, 5.41) is 0. The van der Waals surface area contributed by atoms with E-state index in [4.69, 9.17) is 9.47 Å². The van der Waals surface area contributed by atoms with Gasteiger partial charge in [-0.2, -0.15) is 4.31 Å². The highest BCUT2D eigenvalue weighted by atomic mass is 32.2. The summed E-state index contributed by atoms with van der Waals surface area (Å²) in [6.07, 6.45) is 2.78. The number of carbonyl (C=O) groups is 1. The van der Waals surface area contributed by atoms with E-state index < -0.39 is 10.0 Å². The molecule has 7 nitrogen and oxygen atoms in total. The second kappa shape index (κ2) is 9.60. The largest absolute Gasteiger partial charge is 0.495 e. The molecule has 2 aromatic carbocycles. The van der Waals surface area contributed by atoms with Gasteiger partial charge in [0, 0.05) is 26.1 Å². The minimum Gasteiger partial charge on any atom is -0.495 e. The highest BCUT2D eigenvalue weighted by molar-refractivity contribution is 7.89. The van der Waals surface area contributed by atoms with Crippen molar-refractivity contribution in [1.29, 1.82) is 0 Å². The molecule has 2 aliphatic heterocycles. The molecule has 1 saturated heterocycles. The monoisotopic (exact) mass is 458 g/mol. The van der Waals surface area contributed by atoms with E-state index in [1.54, 1.807) is 31.4 Å². The molecule has 0 spiro atoms. The number of sulfonamides is 1. The Hall–Kier alpha value is -2.42. The summed E-state index contributed by atoms with van der Waals surface area (Å²) in [5.41, 5.74) is 4.19. The van der Waals surface area contributed by atoms with Crippen LogP contribution in [-0.4, -0.2) is 58.6 Å². The average molecular weight is 459 g/mol. The van der Waals surface area contributed by atoms with Gasteiger partial charge in [0.1, 0.15) is 5.75 Å². The summed E-state index contributed by atoms with van der Waals surface area (Å²) < 4.78 is 37.8. The minimum absolute atomic E-state index is 0.0554. The number of amides is 1. The van der Waals surface area contributed by atoms with Crippen LogP contribution in [0.15, 0.2) is 41.3 Å². The van der Waals surface area contributed by atoms with Crippen LogP contribution in [0, 0.1) is 6.92 Å². The van der Waals surface area contributed by atoms with E-state index in [9.17, 15) is 13.2 Å². The number of aryl methyl sites for hydroxylation is 2. The second-order valence-corrected chi connectivity index (χ2v) is 10.2. The van der Waals surface area contributed by atoms with E-state index in [1.807, 2.05) is 17.0 Å². The number of methoxy groups -OCH3 is 1. The molecule has 1 fully saturated rings. The molecule has 0 saturated carbocycles. The van der Waals surface area contributed by atoms with Crippen molar-refractivity contribution in [3.8, 4) is 5.75 Å². The van der Waals surface area contributed by atoms with Crippen molar-refractivity contribution in [2.75, 3.05) is 44.9 Å². The Labute approximate surface area is 190 Å². The molecule has 0 N–H and O–H groups in total. The third-order valence-corrected chi connectivity index (χ3v) is 8.15. The quantitative estimate of drug-likeness (QED) is 0.665. The van der Waals surface area contributed by atoms with E-state index in [2.05, 4.69) is 6.92 Å². The standard InChI is InChI=1S/C24H30N2O5S/c1-18-5-11-22(30-2)24-21(18)4-3-13-26(24)23(27)12-8-19-6-9-20(10-7-19)32(28,29)25-14-16-31-17-15-25/h5-7,9-11H,3-4,8,12-17H2,1-2H3. The lowest BCUT2D eigenvalue weighted by molar-refractivity contribution is -0.118. The molecule has 1 amide bonds. The van der Waals surface area contributed by atoms with Gasteiger partial charge in [0.2, 0.25) is 15.9 Å². The Bertz CT molecular complexity index is 1080. The molecule has 32 heavy (non-hydrogen) atoms. The Balaban J connectivity index is 1.44. The summed E-state index contributed by atoms with van der Waals surface area (Å²) in [4.78, 5) is 15.2. The van der Waals surface area contributed by atoms with Gasteiger partial charge in [-0.15, -0.1) is 0 Å². The van der Waals surface area contributed by atoms with E-state index in [0.29, 0.717) is 45.7 Å². The van der Waals surface area contributed by atoms with Crippen molar-refractivity contribution in [2.24, 2.45) is 0 Å². The lowest BCUT2D eigenvalue weighted by Crippen LogP contribution is -2.40. The van der Waals surface area contributed by atoms with Crippen LogP contribution in [0.1, 0.15) is 29.5 Å². The lowest BCUT2D eigenvalue weighted by atomic mass is 9.95. The number of benzene rings is 2. The topological polar surface area (TPSA) is 76.2 Å². The van der Waals surface area contributed by atoms with Gasteiger partial charge >= 0.3 is 0 Å². The third kappa shape index (κ3) is 4.53. The van der Waals surface area contributed by atoms with Gasteiger partial charge in [-0.25, -0.2) is 8.42 Å². The van der Waals surface area contributed by atoms with Crippen molar-refractivity contribution in [1.82, 2.24) is 4.31 Å². The van der Waals surface area contributed by atoms with E-state index >= 15 is 0 Å². The number of fused-ring (bicyclic) bond motifs is 1. The van der Waals surface area contributed by atoms with Crippen LogP contribution in [0.3, 0.4) is 0 Å².